The highest BCUT2D eigenvalue weighted by Gasteiger charge is 2.40. The van der Waals surface area contributed by atoms with E-state index in [2.05, 4.69) is 36.4 Å². The number of amides is 4. The highest BCUT2D eigenvalue weighted by molar-refractivity contribution is 6.05. The zero-order valence-corrected chi connectivity index (χ0v) is 32.8. The van der Waals surface area contributed by atoms with Crippen molar-refractivity contribution < 1.29 is 32.3 Å². The maximum Gasteiger partial charge on any atom is 0.417 e. The molecule has 1 atom stereocenters. The molecule has 0 saturated carbocycles. The van der Waals surface area contributed by atoms with Crippen LogP contribution in [0.2, 0.25) is 0 Å². The lowest BCUT2D eigenvalue weighted by atomic mass is 9.93. The smallest absolute Gasteiger partial charge is 0.371 e. The number of carbonyl (C=O) groups is 4. The van der Waals surface area contributed by atoms with Gasteiger partial charge in [0.2, 0.25) is 17.7 Å². The molecule has 2 N–H and O–H groups in total. The number of fused-ring (bicyclic) bond motifs is 1. The largest absolute Gasteiger partial charge is 0.417 e. The van der Waals surface area contributed by atoms with Crippen molar-refractivity contribution in [3.05, 3.63) is 77.0 Å². The van der Waals surface area contributed by atoms with Crippen LogP contribution in [0.15, 0.2) is 54.7 Å². The van der Waals surface area contributed by atoms with Gasteiger partial charge >= 0.3 is 6.18 Å². The number of piperazine rings is 1. The molecule has 5 aliphatic heterocycles. The molecule has 310 valence electrons. The van der Waals surface area contributed by atoms with Crippen molar-refractivity contribution in [3.63, 3.8) is 0 Å². The number of carbonyl (C=O) groups excluding carboxylic acids is 4. The molecular formula is C43H48F3N9O4. The minimum Gasteiger partial charge on any atom is -0.371 e. The Hall–Kier alpha value is -5.69. The summed E-state index contributed by atoms with van der Waals surface area (Å²) in [5.41, 5.74) is 2.71. The van der Waals surface area contributed by atoms with Crippen molar-refractivity contribution in [2.45, 2.75) is 63.7 Å². The molecule has 0 bridgehead atoms. The second kappa shape index (κ2) is 16.9. The topological polar surface area (TPSA) is 145 Å². The van der Waals surface area contributed by atoms with E-state index in [0.29, 0.717) is 61.9 Å². The number of halogens is 3. The second-order valence-corrected chi connectivity index (χ2v) is 16.3. The number of nitriles is 1. The van der Waals surface area contributed by atoms with Crippen LogP contribution in [0.4, 0.5) is 36.1 Å². The van der Waals surface area contributed by atoms with E-state index in [1.54, 1.807) is 17.2 Å². The standard InChI is InChI=1S/C43H48F3N9O4/c44-43(45,46)36-24-33(2-1-30(36)25-47)52-17-12-29(13-18-52)40(57)49-38-7-4-34(26-48-38)53-15-10-28(11-16-53)9-14-51-19-21-54(22-20-51)32-3-5-35-31(23-32)27-55(42(35)59)37-6-8-39(56)50-41(37)58/h1-5,7,23-24,26,28-29,37H,6,8-22,27H2,(H,48,49,57)(H,50,56,58). The van der Waals surface area contributed by atoms with Crippen molar-refractivity contribution in [1.82, 2.24) is 20.1 Å². The van der Waals surface area contributed by atoms with E-state index in [0.717, 1.165) is 88.1 Å². The van der Waals surface area contributed by atoms with Gasteiger partial charge in [0.1, 0.15) is 11.9 Å². The van der Waals surface area contributed by atoms with Gasteiger partial charge in [-0.2, -0.15) is 18.4 Å². The van der Waals surface area contributed by atoms with E-state index >= 15 is 0 Å². The number of benzene rings is 2. The first-order valence-electron chi connectivity index (χ1n) is 20.6. The third kappa shape index (κ3) is 8.85. The quantitative estimate of drug-likeness (QED) is 0.283. The van der Waals surface area contributed by atoms with Crippen LogP contribution in [0.3, 0.4) is 0 Å². The molecule has 6 heterocycles. The van der Waals surface area contributed by atoms with E-state index in [1.807, 2.05) is 29.2 Å². The van der Waals surface area contributed by atoms with Crippen molar-refractivity contribution >= 4 is 46.5 Å². The van der Waals surface area contributed by atoms with Crippen molar-refractivity contribution in [2.75, 3.05) is 78.9 Å². The Bertz CT molecular complexity index is 2120. The van der Waals surface area contributed by atoms with E-state index in [4.69, 9.17) is 5.26 Å². The molecule has 16 heteroatoms. The molecule has 0 aliphatic carbocycles. The first kappa shape index (κ1) is 40.1. The fourth-order valence-corrected chi connectivity index (χ4v) is 9.17. The number of alkyl halides is 3. The summed E-state index contributed by atoms with van der Waals surface area (Å²) in [6.45, 7) is 7.91. The van der Waals surface area contributed by atoms with Gasteiger partial charge in [-0.1, -0.05) is 0 Å². The molecule has 4 saturated heterocycles. The Labute approximate surface area is 341 Å². The highest BCUT2D eigenvalue weighted by atomic mass is 19.4. The fourth-order valence-electron chi connectivity index (χ4n) is 9.17. The maximum absolute atomic E-state index is 13.5. The Morgan fingerprint density at radius 2 is 1.49 bits per heavy atom. The van der Waals surface area contributed by atoms with E-state index in [-0.39, 0.29) is 30.1 Å². The number of anilines is 4. The minimum atomic E-state index is -4.62. The number of piperidine rings is 3. The lowest BCUT2D eigenvalue weighted by molar-refractivity contribution is -0.138. The number of imide groups is 1. The van der Waals surface area contributed by atoms with Crippen LogP contribution in [0.1, 0.15) is 72.0 Å². The number of nitrogens with one attached hydrogen (secondary N) is 2. The SMILES string of the molecule is N#Cc1ccc(N2CCC(C(=O)Nc3ccc(N4CCC(CCN5CCN(c6ccc7c(c6)CN(C6CCC(=O)NC6=O)C7=O)CC5)CC4)cn3)CC2)cc1C(F)(F)F. The summed E-state index contributed by atoms with van der Waals surface area (Å²) < 4.78 is 40.4. The first-order valence-corrected chi connectivity index (χ1v) is 20.6. The van der Waals surface area contributed by atoms with Crippen LogP contribution in [0.25, 0.3) is 0 Å². The molecule has 13 nitrogen and oxygen atoms in total. The van der Waals surface area contributed by atoms with Crippen molar-refractivity contribution in [1.29, 1.82) is 5.26 Å². The van der Waals surface area contributed by atoms with Gasteiger partial charge in [0.05, 0.1) is 29.1 Å². The molecule has 1 aromatic heterocycles. The third-order valence-corrected chi connectivity index (χ3v) is 12.7. The monoisotopic (exact) mass is 811 g/mol. The van der Waals surface area contributed by atoms with E-state index in [1.165, 1.54) is 12.1 Å². The van der Waals surface area contributed by atoms with Crippen LogP contribution < -0.4 is 25.3 Å². The summed E-state index contributed by atoms with van der Waals surface area (Å²) in [5, 5.41) is 14.4. The van der Waals surface area contributed by atoms with Gasteiger partial charge < -0.3 is 24.9 Å². The van der Waals surface area contributed by atoms with Gasteiger partial charge in [0, 0.05) is 88.2 Å². The molecule has 4 fully saturated rings. The molecule has 5 aliphatic rings. The Morgan fingerprint density at radius 3 is 2.17 bits per heavy atom. The molecule has 0 spiro atoms. The summed E-state index contributed by atoms with van der Waals surface area (Å²) in [7, 11) is 0. The highest BCUT2D eigenvalue weighted by Crippen LogP contribution is 2.36. The van der Waals surface area contributed by atoms with Gasteiger partial charge in [-0.3, -0.25) is 29.4 Å². The molecule has 4 amide bonds. The molecule has 59 heavy (non-hydrogen) atoms. The number of aromatic nitrogens is 1. The fraction of sp³-hybridized carbons (Fsp3) is 0.488. The molecule has 1 unspecified atom stereocenters. The predicted molar refractivity (Wildman–Crippen MR) is 215 cm³/mol. The zero-order valence-electron chi connectivity index (χ0n) is 32.8. The molecule has 8 rings (SSSR count). The second-order valence-electron chi connectivity index (χ2n) is 16.3. The van der Waals surface area contributed by atoms with Crippen LogP contribution in [-0.2, 0) is 27.1 Å². The summed E-state index contributed by atoms with van der Waals surface area (Å²) in [5.74, 6) is -0.151. The molecule has 3 aromatic rings. The van der Waals surface area contributed by atoms with E-state index in [9.17, 15) is 32.3 Å². The summed E-state index contributed by atoms with van der Waals surface area (Å²) in [6, 6.07) is 14.5. The van der Waals surface area contributed by atoms with Gasteiger partial charge in [-0.05, 0) is 105 Å². The molecular weight excluding hydrogens is 764 g/mol. The summed E-state index contributed by atoms with van der Waals surface area (Å²) >= 11 is 0. The van der Waals surface area contributed by atoms with Gasteiger partial charge in [-0.25, -0.2) is 4.98 Å². The zero-order chi connectivity index (χ0) is 41.3. The van der Waals surface area contributed by atoms with Crippen LogP contribution in [0.5, 0.6) is 0 Å². The molecule has 2 aromatic carbocycles. The average Bonchev–Trinajstić information content (AvgIpc) is 3.57. The van der Waals surface area contributed by atoms with Crippen LogP contribution in [-0.4, -0.2) is 103 Å². The Kier molecular flexibility index (Phi) is 11.5. The number of rotatable bonds is 9. The van der Waals surface area contributed by atoms with Crippen LogP contribution >= 0.6 is 0 Å². The Balaban J connectivity index is 0.737. The van der Waals surface area contributed by atoms with Crippen LogP contribution in [0, 0.1) is 23.2 Å². The van der Waals surface area contributed by atoms with E-state index < -0.39 is 29.3 Å². The third-order valence-electron chi connectivity index (χ3n) is 12.7. The number of hydrogen-bond donors (Lipinski definition) is 2. The number of pyridine rings is 1. The number of hydrogen-bond acceptors (Lipinski definition) is 10. The summed E-state index contributed by atoms with van der Waals surface area (Å²) in [4.78, 5) is 65.4. The Morgan fingerprint density at radius 1 is 0.831 bits per heavy atom. The van der Waals surface area contributed by atoms with Gasteiger partial charge in [0.25, 0.3) is 5.91 Å². The molecule has 0 radical (unpaired) electrons. The van der Waals surface area contributed by atoms with Crippen molar-refractivity contribution in [2.24, 2.45) is 11.8 Å². The van der Waals surface area contributed by atoms with Gasteiger partial charge in [-0.15, -0.1) is 0 Å². The summed E-state index contributed by atoms with van der Waals surface area (Å²) in [6.07, 6.45) is 2.10. The van der Waals surface area contributed by atoms with Crippen molar-refractivity contribution in [3.8, 4) is 6.07 Å². The minimum absolute atomic E-state index is 0.149. The lowest BCUT2D eigenvalue weighted by Crippen LogP contribution is -2.52. The normalized spacial score (nSPS) is 21.1. The maximum atomic E-state index is 13.5. The lowest BCUT2D eigenvalue weighted by Gasteiger charge is -2.38. The predicted octanol–water partition coefficient (Wildman–Crippen LogP) is 5.02. The average molecular weight is 812 g/mol. The van der Waals surface area contributed by atoms with Gasteiger partial charge in [0.15, 0.2) is 0 Å². The first-order chi connectivity index (χ1) is 28.4. The number of nitrogens with zero attached hydrogens (tertiary/aromatic N) is 7.